The first-order chi connectivity index (χ1) is 5.92. The van der Waals surface area contributed by atoms with Gasteiger partial charge in [-0.2, -0.15) is 0 Å². The summed E-state index contributed by atoms with van der Waals surface area (Å²) in [6, 6.07) is 0.601. The van der Waals surface area contributed by atoms with Crippen molar-refractivity contribution in [3.05, 3.63) is 0 Å². The fourth-order valence-corrected chi connectivity index (χ4v) is 1.04. The highest BCUT2D eigenvalue weighted by molar-refractivity contribution is 4.63. The molecule has 0 saturated carbocycles. The van der Waals surface area contributed by atoms with E-state index in [0.29, 0.717) is 11.5 Å². The predicted molar refractivity (Wildman–Crippen MR) is 60.1 cm³/mol. The van der Waals surface area contributed by atoms with E-state index >= 15 is 0 Å². The van der Waals surface area contributed by atoms with Crippen LogP contribution in [0.4, 0.5) is 0 Å². The van der Waals surface area contributed by atoms with Crippen LogP contribution in [0.25, 0.3) is 0 Å². The Bertz CT molecular complexity index is 114. The number of nitrogens with one attached hydrogen (secondary N) is 2. The molecule has 2 N–H and O–H groups in total. The summed E-state index contributed by atoms with van der Waals surface area (Å²) in [5.41, 5.74) is 0.457. The molecule has 0 aromatic heterocycles. The molecule has 2 nitrogen and oxygen atoms in total. The van der Waals surface area contributed by atoms with E-state index in [0.717, 1.165) is 19.6 Å². The highest BCUT2D eigenvalue weighted by Gasteiger charge is 2.08. The first-order valence-corrected chi connectivity index (χ1v) is 5.36. The topological polar surface area (TPSA) is 24.1 Å². The van der Waals surface area contributed by atoms with Crippen molar-refractivity contribution in [1.82, 2.24) is 10.6 Å². The fourth-order valence-electron chi connectivity index (χ4n) is 1.04. The molecular weight excluding hydrogens is 160 g/mol. The molecular formula is C11H26N2. The lowest BCUT2D eigenvalue weighted by Crippen LogP contribution is -2.32. The second-order valence-electron chi connectivity index (χ2n) is 5.17. The van der Waals surface area contributed by atoms with Crippen LogP contribution in [0.5, 0.6) is 0 Å². The van der Waals surface area contributed by atoms with Gasteiger partial charge in [-0.1, -0.05) is 34.6 Å². The van der Waals surface area contributed by atoms with E-state index in [2.05, 4.69) is 45.3 Å². The van der Waals surface area contributed by atoms with Crippen LogP contribution in [0.2, 0.25) is 0 Å². The minimum atomic E-state index is 0.457. The molecule has 0 atom stereocenters. The van der Waals surface area contributed by atoms with Gasteiger partial charge in [0.05, 0.1) is 0 Å². The van der Waals surface area contributed by atoms with Gasteiger partial charge in [-0.15, -0.1) is 0 Å². The zero-order chi connectivity index (χ0) is 10.3. The summed E-state index contributed by atoms with van der Waals surface area (Å²) in [5, 5.41) is 6.82. The van der Waals surface area contributed by atoms with E-state index in [4.69, 9.17) is 0 Å². The third-order valence-corrected chi connectivity index (χ3v) is 1.91. The molecule has 0 unspecified atom stereocenters. The first kappa shape index (κ1) is 12.9. The van der Waals surface area contributed by atoms with Gasteiger partial charge in [0.25, 0.3) is 0 Å². The average molecular weight is 186 g/mol. The van der Waals surface area contributed by atoms with E-state index < -0.39 is 0 Å². The van der Waals surface area contributed by atoms with Crippen LogP contribution in [-0.2, 0) is 0 Å². The van der Waals surface area contributed by atoms with E-state index in [1.165, 1.54) is 6.42 Å². The van der Waals surface area contributed by atoms with Gasteiger partial charge in [-0.25, -0.2) is 0 Å². The summed E-state index contributed by atoms with van der Waals surface area (Å²) >= 11 is 0. The minimum absolute atomic E-state index is 0.457. The zero-order valence-electron chi connectivity index (χ0n) is 9.91. The van der Waals surface area contributed by atoms with Crippen molar-refractivity contribution in [1.29, 1.82) is 0 Å². The monoisotopic (exact) mass is 186 g/mol. The maximum absolute atomic E-state index is 3.43. The van der Waals surface area contributed by atoms with Crippen LogP contribution in [0, 0.1) is 5.41 Å². The van der Waals surface area contributed by atoms with Gasteiger partial charge < -0.3 is 10.6 Å². The Morgan fingerprint density at radius 3 is 2.08 bits per heavy atom. The molecule has 0 fully saturated rings. The van der Waals surface area contributed by atoms with Gasteiger partial charge in [0, 0.05) is 19.1 Å². The normalized spacial score (nSPS) is 12.5. The summed E-state index contributed by atoms with van der Waals surface area (Å²) < 4.78 is 0. The molecule has 0 rings (SSSR count). The maximum Gasteiger partial charge on any atom is 0.00790 e. The second kappa shape index (κ2) is 6.39. The van der Waals surface area contributed by atoms with Crippen molar-refractivity contribution in [3.63, 3.8) is 0 Å². The maximum atomic E-state index is 3.43. The molecule has 0 amide bonds. The summed E-state index contributed by atoms with van der Waals surface area (Å²) in [7, 11) is 0. The summed E-state index contributed by atoms with van der Waals surface area (Å²) in [6.45, 7) is 14.5. The smallest absolute Gasteiger partial charge is 0.00790 e. The summed E-state index contributed by atoms with van der Waals surface area (Å²) in [5.74, 6) is 0. The highest BCUT2D eigenvalue weighted by atomic mass is 15.0. The molecule has 13 heavy (non-hydrogen) atoms. The molecule has 0 heterocycles. The van der Waals surface area contributed by atoms with Gasteiger partial charge >= 0.3 is 0 Å². The molecule has 0 bridgehead atoms. The molecule has 0 aromatic rings. The molecule has 0 spiro atoms. The molecule has 0 aliphatic heterocycles. The lowest BCUT2D eigenvalue weighted by molar-refractivity contribution is 0.366. The number of hydrogen-bond donors (Lipinski definition) is 2. The lowest BCUT2D eigenvalue weighted by atomic mass is 9.92. The largest absolute Gasteiger partial charge is 0.315 e. The van der Waals surface area contributed by atoms with Crippen molar-refractivity contribution >= 4 is 0 Å². The predicted octanol–water partition coefficient (Wildman–Crippen LogP) is 2.01. The fraction of sp³-hybridized carbons (Fsp3) is 1.00. The lowest BCUT2D eigenvalue weighted by Gasteiger charge is -2.18. The molecule has 80 valence electrons. The number of rotatable bonds is 6. The van der Waals surface area contributed by atoms with Crippen LogP contribution in [0.1, 0.15) is 41.0 Å². The first-order valence-electron chi connectivity index (χ1n) is 5.36. The summed E-state index contributed by atoms with van der Waals surface area (Å²) in [4.78, 5) is 0. The van der Waals surface area contributed by atoms with E-state index in [-0.39, 0.29) is 0 Å². The highest BCUT2D eigenvalue weighted by Crippen LogP contribution is 2.16. The molecule has 0 aromatic carbocycles. The SMILES string of the molecule is CC(C)NCCNCCC(C)(C)C. The Hall–Kier alpha value is -0.0800. The van der Waals surface area contributed by atoms with Crippen molar-refractivity contribution in [3.8, 4) is 0 Å². The Labute approximate surface area is 83.5 Å². The molecule has 0 aliphatic carbocycles. The quantitative estimate of drug-likeness (QED) is 0.620. The van der Waals surface area contributed by atoms with Gasteiger partial charge in [0.1, 0.15) is 0 Å². The van der Waals surface area contributed by atoms with Crippen LogP contribution < -0.4 is 10.6 Å². The van der Waals surface area contributed by atoms with E-state index in [1.807, 2.05) is 0 Å². The van der Waals surface area contributed by atoms with Crippen LogP contribution in [0.3, 0.4) is 0 Å². The summed E-state index contributed by atoms with van der Waals surface area (Å²) in [6.07, 6.45) is 1.24. The van der Waals surface area contributed by atoms with Gasteiger partial charge in [0.15, 0.2) is 0 Å². The Morgan fingerprint density at radius 1 is 1.00 bits per heavy atom. The Morgan fingerprint density at radius 2 is 1.62 bits per heavy atom. The third-order valence-electron chi connectivity index (χ3n) is 1.91. The average Bonchev–Trinajstić information content (AvgIpc) is 1.93. The van der Waals surface area contributed by atoms with Crippen LogP contribution in [0.15, 0.2) is 0 Å². The minimum Gasteiger partial charge on any atom is -0.315 e. The van der Waals surface area contributed by atoms with E-state index in [1.54, 1.807) is 0 Å². The number of hydrogen-bond acceptors (Lipinski definition) is 2. The Kier molecular flexibility index (Phi) is 6.35. The zero-order valence-corrected chi connectivity index (χ0v) is 9.91. The van der Waals surface area contributed by atoms with Crippen molar-refractivity contribution in [2.75, 3.05) is 19.6 Å². The van der Waals surface area contributed by atoms with Gasteiger partial charge in [-0.05, 0) is 18.4 Å². The van der Waals surface area contributed by atoms with Gasteiger partial charge in [-0.3, -0.25) is 0 Å². The molecule has 0 aliphatic rings. The van der Waals surface area contributed by atoms with Crippen LogP contribution >= 0.6 is 0 Å². The van der Waals surface area contributed by atoms with Crippen molar-refractivity contribution in [2.24, 2.45) is 5.41 Å². The third kappa shape index (κ3) is 11.9. The van der Waals surface area contributed by atoms with Gasteiger partial charge in [0.2, 0.25) is 0 Å². The molecule has 2 heteroatoms. The molecule has 0 radical (unpaired) electrons. The van der Waals surface area contributed by atoms with Crippen LogP contribution in [-0.4, -0.2) is 25.7 Å². The molecule has 0 saturated heterocycles. The second-order valence-corrected chi connectivity index (χ2v) is 5.17. The Balaban J connectivity index is 3.09. The van der Waals surface area contributed by atoms with Crippen molar-refractivity contribution < 1.29 is 0 Å². The van der Waals surface area contributed by atoms with E-state index in [9.17, 15) is 0 Å². The van der Waals surface area contributed by atoms with Crippen molar-refractivity contribution in [2.45, 2.75) is 47.1 Å². The standard InChI is InChI=1S/C11H26N2/c1-10(2)13-9-8-12-7-6-11(3,4)5/h10,12-13H,6-9H2,1-5H3.